The first kappa shape index (κ1) is 29.7. The van der Waals surface area contributed by atoms with Crippen molar-refractivity contribution >= 4 is 44.0 Å². The van der Waals surface area contributed by atoms with Gasteiger partial charge in [0.2, 0.25) is 0 Å². The van der Waals surface area contributed by atoms with Crippen molar-refractivity contribution in [2.24, 2.45) is 4.99 Å². The van der Waals surface area contributed by atoms with E-state index in [1.807, 2.05) is 6.21 Å². The second-order valence-corrected chi connectivity index (χ2v) is 15.0. The van der Waals surface area contributed by atoms with Crippen LogP contribution in [0.15, 0.2) is 35.3 Å². The zero-order valence-electron chi connectivity index (χ0n) is 21.1. The molecule has 32 heavy (non-hydrogen) atoms. The molecule has 0 aliphatic heterocycles. The molecule has 0 saturated heterocycles. The second kappa shape index (κ2) is 11.9. The van der Waals surface area contributed by atoms with Crippen LogP contribution in [0.1, 0.15) is 84.6 Å². The van der Waals surface area contributed by atoms with Gasteiger partial charge in [-0.2, -0.15) is 0 Å². The van der Waals surface area contributed by atoms with Crippen molar-refractivity contribution in [3.05, 3.63) is 52.6 Å². The molecule has 0 aliphatic carbocycles. The summed E-state index contributed by atoms with van der Waals surface area (Å²) in [6.45, 7) is 21.6. The van der Waals surface area contributed by atoms with Crippen LogP contribution in [0.5, 0.6) is 5.75 Å². The van der Waals surface area contributed by atoms with Crippen molar-refractivity contribution in [2.75, 3.05) is 0 Å². The molecule has 0 fully saturated rings. The number of phenolic OH excluding ortho intramolecular Hbond substituents is 1. The average Bonchev–Trinajstić information content (AvgIpc) is 2.61. The Morgan fingerprint density at radius 2 is 1.44 bits per heavy atom. The Kier molecular flexibility index (Phi) is 11.0. The number of aryl methyl sites for hydroxylation is 1. The zero-order chi connectivity index (χ0) is 24.9. The van der Waals surface area contributed by atoms with Crippen molar-refractivity contribution in [1.29, 1.82) is 0 Å². The Hall–Kier alpha value is -0.366. The molecule has 0 saturated carbocycles. The van der Waals surface area contributed by atoms with Gasteiger partial charge in [-0.15, -0.1) is 0 Å². The van der Waals surface area contributed by atoms with Gasteiger partial charge in [0, 0.05) is 22.6 Å². The molecule has 2 aromatic rings. The summed E-state index contributed by atoms with van der Waals surface area (Å²) >= 11 is -0.556. The summed E-state index contributed by atoms with van der Waals surface area (Å²) in [5.74, 6) is 0.433. The zero-order valence-corrected chi connectivity index (χ0v) is 25.2. The molecule has 2 aromatic carbocycles. The minimum absolute atomic E-state index is 0.0245. The van der Waals surface area contributed by atoms with E-state index in [2.05, 4.69) is 99.6 Å². The third kappa shape index (κ3) is 9.48. The standard InChI is InChI=1S/C26H38NOP.2ClH.Ti/c1-17-11-12-21(18(13-17)16-27-26(8,9)10)29-22-15-19(24(2,3)4)14-20(23(22)28)25(5,6)7;;;/h11-16,28-29H,1-10H3;2*1H;/q;;;+2/p-2. The number of benzene rings is 2. The Balaban J connectivity index is 0.00000161. The van der Waals surface area contributed by atoms with Gasteiger partial charge in [-0.05, 0) is 61.5 Å². The fraction of sp³-hybridized carbons (Fsp3) is 0.500. The van der Waals surface area contributed by atoms with E-state index in [0.717, 1.165) is 16.4 Å². The summed E-state index contributed by atoms with van der Waals surface area (Å²) in [7, 11) is 10.2. The monoisotopic (exact) mass is 529 g/mol. The van der Waals surface area contributed by atoms with E-state index >= 15 is 0 Å². The quantitative estimate of drug-likeness (QED) is 0.249. The van der Waals surface area contributed by atoms with Crippen LogP contribution in [0, 0.1) is 6.92 Å². The molecule has 0 heterocycles. The van der Waals surface area contributed by atoms with Crippen LogP contribution < -0.4 is 10.6 Å². The summed E-state index contributed by atoms with van der Waals surface area (Å²) < 4.78 is 0. The third-order valence-corrected chi connectivity index (χ3v) is 6.23. The second-order valence-electron chi connectivity index (χ2n) is 11.1. The molecule has 0 amide bonds. The van der Waals surface area contributed by atoms with Gasteiger partial charge in [0.15, 0.2) is 0 Å². The maximum atomic E-state index is 11.2. The van der Waals surface area contributed by atoms with E-state index in [-0.39, 0.29) is 16.4 Å². The molecule has 0 aliphatic rings. The normalized spacial score (nSPS) is 12.9. The fourth-order valence-corrected chi connectivity index (χ4v) is 4.26. The summed E-state index contributed by atoms with van der Waals surface area (Å²) in [4.78, 5) is 4.72. The molecule has 0 aromatic heterocycles. The molecule has 2 nitrogen and oxygen atoms in total. The number of aliphatic imine (C=N–C) groups is 1. The SMILES string of the molecule is Cc1ccc(Pc2cc(C(C)(C)C)cc(C(C)(C)C)c2O)c(C=NC(C)(C)C)c1.[Cl][Ti][Cl]. The molecular weight excluding hydrogens is 492 g/mol. The molecule has 0 spiro atoms. The number of hydrogen-bond acceptors (Lipinski definition) is 2. The summed E-state index contributed by atoms with van der Waals surface area (Å²) in [5.41, 5.74) is 4.43. The molecule has 1 unspecified atom stereocenters. The molecule has 0 radical (unpaired) electrons. The van der Waals surface area contributed by atoms with Crippen LogP contribution in [0.4, 0.5) is 0 Å². The van der Waals surface area contributed by atoms with Gasteiger partial charge >= 0.3 is 35.6 Å². The number of nitrogens with zero attached hydrogens (tertiary/aromatic N) is 1. The summed E-state index contributed by atoms with van der Waals surface area (Å²) in [6.07, 6.45) is 1.99. The van der Waals surface area contributed by atoms with Crippen molar-refractivity contribution in [3.63, 3.8) is 0 Å². The molecule has 176 valence electrons. The van der Waals surface area contributed by atoms with E-state index in [1.54, 1.807) is 0 Å². The number of rotatable bonds is 3. The van der Waals surface area contributed by atoms with Crippen LogP contribution in [-0.4, -0.2) is 16.9 Å². The van der Waals surface area contributed by atoms with Gasteiger partial charge in [-0.1, -0.05) is 73.9 Å². The first-order chi connectivity index (χ1) is 14.5. The topological polar surface area (TPSA) is 32.6 Å². The molecule has 0 bridgehead atoms. The molecular formula is C26H38Cl2NOPTi. The van der Waals surface area contributed by atoms with Crippen LogP contribution in [0.2, 0.25) is 0 Å². The number of hydrogen-bond donors (Lipinski definition) is 1. The Bertz CT molecular complexity index is 939. The van der Waals surface area contributed by atoms with Crippen molar-refractivity contribution in [2.45, 2.75) is 85.6 Å². The first-order valence-electron chi connectivity index (χ1n) is 10.8. The number of aromatic hydroxyl groups is 1. The molecule has 6 heteroatoms. The van der Waals surface area contributed by atoms with Crippen molar-refractivity contribution in [3.8, 4) is 5.75 Å². The van der Waals surface area contributed by atoms with Gasteiger partial charge in [-0.25, -0.2) is 0 Å². The van der Waals surface area contributed by atoms with E-state index in [4.69, 9.17) is 23.6 Å². The first-order valence-corrected chi connectivity index (χ1v) is 16.1. The Morgan fingerprint density at radius 1 is 0.875 bits per heavy atom. The van der Waals surface area contributed by atoms with Gasteiger partial charge in [0.05, 0.1) is 5.54 Å². The molecule has 1 atom stereocenters. The minimum atomic E-state index is -0.556. The predicted molar refractivity (Wildman–Crippen MR) is 143 cm³/mol. The van der Waals surface area contributed by atoms with Crippen molar-refractivity contribution in [1.82, 2.24) is 0 Å². The molecule has 1 N–H and O–H groups in total. The van der Waals surface area contributed by atoms with E-state index < -0.39 is 17.0 Å². The van der Waals surface area contributed by atoms with Gasteiger partial charge in [0.25, 0.3) is 0 Å². The van der Waals surface area contributed by atoms with E-state index in [1.165, 1.54) is 16.4 Å². The summed E-state index contributed by atoms with van der Waals surface area (Å²) in [5, 5.41) is 13.4. The van der Waals surface area contributed by atoms with Gasteiger partial charge < -0.3 is 5.11 Å². The third-order valence-electron chi connectivity index (χ3n) is 4.85. The number of halogens is 2. The summed E-state index contributed by atoms with van der Waals surface area (Å²) in [6, 6.07) is 10.9. The van der Waals surface area contributed by atoms with Gasteiger partial charge in [0.1, 0.15) is 5.75 Å². The maximum absolute atomic E-state index is 11.2. The molecule has 2 rings (SSSR count). The Morgan fingerprint density at radius 3 is 1.91 bits per heavy atom. The Labute approximate surface area is 214 Å². The van der Waals surface area contributed by atoms with Crippen LogP contribution in [0.3, 0.4) is 0 Å². The fourth-order valence-electron chi connectivity index (χ4n) is 3.05. The van der Waals surface area contributed by atoms with E-state index in [0.29, 0.717) is 14.3 Å². The van der Waals surface area contributed by atoms with Crippen LogP contribution in [-0.2, 0) is 27.9 Å². The number of phenols is 1. The predicted octanol–water partition coefficient (Wildman–Crippen LogP) is 7.52. The average molecular weight is 530 g/mol. The van der Waals surface area contributed by atoms with Crippen LogP contribution in [0.25, 0.3) is 0 Å². The van der Waals surface area contributed by atoms with E-state index in [9.17, 15) is 5.11 Å². The van der Waals surface area contributed by atoms with Crippen LogP contribution >= 0.6 is 27.2 Å². The van der Waals surface area contributed by atoms with Gasteiger partial charge in [-0.3, -0.25) is 4.99 Å². The van der Waals surface area contributed by atoms with Crippen molar-refractivity contribution < 1.29 is 22.1 Å².